The molecule has 0 unspecified atom stereocenters. The van der Waals surface area contributed by atoms with Gasteiger partial charge in [-0.1, -0.05) is 11.2 Å². The Kier molecular flexibility index (Phi) is 7.26. The average Bonchev–Trinajstić information content (AvgIpc) is 2.83. The first kappa shape index (κ1) is 22.1. The smallest absolute Gasteiger partial charge is 0.225 e. The molecule has 0 radical (unpaired) electrons. The minimum absolute atomic E-state index is 0.0983. The number of carbonyl (C=O) groups is 1. The summed E-state index contributed by atoms with van der Waals surface area (Å²) in [5, 5.41) is 4.25. The zero-order chi connectivity index (χ0) is 22.3. The van der Waals surface area contributed by atoms with Crippen LogP contribution in [0.5, 0.6) is 0 Å². The second kappa shape index (κ2) is 10.5. The predicted molar refractivity (Wildman–Crippen MR) is 122 cm³/mol. The summed E-state index contributed by atoms with van der Waals surface area (Å²) in [6.45, 7) is 4.02. The van der Waals surface area contributed by atoms with Gasteiger partial charge in [-0.2, -0.15) is 0 Å². The third-order valence-corrected chi connectivity index (χ3v) is 6.36. The fraction of sp³-hybridized carbons (Fsp3) is 0.522. The van der Waals surface area contributed by atoms with Crippen LogP contribution in [0.4, 0.5) is 5.95 Å². The van der Waals surface area contributed by atoms with E-state index in [4.69, 9.17) is 10.6 Å². The van der Waals surface area contributed by atoms with Gasteiger partial charge < -0.3 is 15.5 Å². The maximum Gasteiger partial charge on any atom is 0.225 e. The third-order valence-electron chi connectivity index (χ3n) is 6.36. The van der Waals surface area contributed by atoms with Gasteiger partial charge in [0.25, 0.3) is 0 Å². The molecular formula is C23H31N7O2. The minimum atomic E-state index is 0.0983. The zero-order valence-corrected chi connectivity index (χ0v) is 18.6. The Labute approximate surface area is 188 Å². The quantitative estimate of drug-likeness (QED) is 0.543. The number of nitrogens with two attached hydrogens (primary N) is 1. The van der Waals surface area contributed by atoms with Crippen molar-refractivity contribution in [3.05, 3.63) is 48.0 Å². The van der Waals surface area contributed by atoms with E-state index in [9.17, 15) is 4.79 Å². The summed E-state index contributed by atoms with van der Waals surface area (Å²) >= 11 is 0. The van der Waals surface area contributed by atoms with Crippen LogP contribution in [0.2, 0.25) is 0 Å². The van der Waals surface area contributed by atoms with Crippen molar-refractivity contribution >= 4 is 17.6 Å². The summed E-state index contributed by atoms with van der Waals surface area (Å²) < 4.78 is 0. The second-order valence-corrected chi connectivity index (χ2v) is 8.43. The van der Waals surface area contributed by atoms with Crippen LogP contribution in [0.15, 0.2) is 41.8 Å². The Morgan fingerprint density at radius 2 is 1.81 bits per heavy atom. The summed E-state index contributed by atoms with van der Waals surface area (Å²) in [4.78, 5) is 35.2. The number of rotatable bonds is 6. The number of nitrogen functional groups attached to an aromatic ring is 1. The van der Waals surface area contributed by atoms with Crippen molar-refractivity contribution in [1.82, 2.24) is 24.8 Å². The lowest BCUT2D eigenvalue weighted by molar-refractivity contribution is -0.138. The lowest BCUT2D eigenvalue weighted by Crippen LogP contribution is -2.46. The number of hydrogen-bond donors (Lipinski definition) is 1. The Hall–Kier alpha value is -3.07. The first-order valence-electron chi connectivity index (χ1n) is 11.2. The standard InChI is InChI=1S/C23H31N7O2/c1-32-28-21(20-4-2-3-10-25-20)17-8-14-30(15-9-17)22(31)18-6-12-29(13-7-18)16-19-5-11-26-23(24)27-19/h2-5,10-11,17-18H,6-9,12-16H2,1H3,(H2,24,26,27). The van der Waals surface area contributed by atoms with Gasteiger partial charge in [0.2, 0.25) is 11.9 Å². The third kappa shape index (κ3) is 5.40. The highest BCUT2D eigenvalue weighted by molar-refractivity contribution is 6.00. The molecule has 2 fully saturated rings. The number of pyridine rings is 1. The van der Waals surface area contributed by atoms with Gasteiger partial charge in [0, 0.05) is 43.9 Å². The largest absolute Gasteiger partial charge is 0.399 e. The Balaban J connectivity index is 1.27. The van der Waals surface area contributed by atoms with Gasteiger partial charge in [0.1, 0.15) is 12.8 Å². The zero-order valence-electron chi connectivity index (χ0n) is 18.6. The van der Waals surface area contributed by atoms with Crippen LogP contribution < -0.4 is 5.73 Å². The summed E-state index contributed by atoms with van der Waals surface area (Å²) in [6.07, 6.45) is 6.96. The Morgan fingerprint density at radius 1 is 1.06 bits per heavy atom. The van der Waals surface area contributed by atoms with Crippen molar-refractivity contribution in [2.24, 2.45) is 17.0 Å². The number of piperidine rings is 2. The molecule has 0 bridgehead atoms. The number of oxime groups is 1. The van der Waals surface area contributed by atoms with Crippen molar-refractivity contribution < 1.29 is 9.63 Å². The second-order valence-electron chi connectivity index (χ2n) is 8.43. The van der Waals surface area contributed by atoms with Crippen molar-refractivity contribution in [3.63, 3.8) is 0 Å². The number of amides is 1. The van der Waals surface area contributed by atoms with Gasteiger partial charge in [-0.05, 0) is 57.0 Å². The maximum atomic E-state index is 13.1. The van der Waals surface area contributed by atoms with Crippen LogP contribution >= 0.6 is 0 Å². The molecule has 2 aromatic rings. The number of carbonyl (C=O) groups excluding carboxylic acids is 1. The topological polar surface area (TPSA) is 110 Å². The molecule has 32 heavy (non-hydrogen) atoms. The highest BCUT2D eigenvalue weighted by Gasteiger charge is 2.32. The number of likely N-dealkylation sites (tertiary alicyclic amines) is 2. The number of aromatic nitrogens is 3. The summed E-state index contributed by atoms with van der Waals surface area (Å²) in [7, 11) is 1.56. The maximum absolute atomic E-state index is 13.1. The molecular weight excluding hydrogens is 406 g/mol. The number of nitrogens with zero attached hydrogens (tertiary/aromatic N) is 6. The van der Waals surface area contributed by atoms with Gasteiger partial charge >= 0.3 is 0 Å². The van der Waals surface area contributed by atoms with Gasteiger partial charge in [0.15, 0.2) is 0 Å². The molecule has 0 aromatic carbocycles. The average molecular weight is 438 g/mol. The van der Waals surface area contributed by atoms with Gasteiger partial charge in [-0.15, -0.1) is 0 Å². The van der Waals surface area contributed by atoms with Crippen LogP contribution in [-0.2, 0) is 16.2 Å². The van der Waals surface area contributed by atoms with Crippen LogP contribution in [0, 0.1) is 11.8 Å². The number of hydrogen-bond acceptors (Lipinski definition) is 8. The van der Waals surface area contributed by atoms with Crippen LogP contribution in [0.1, 0.15) is 37.1 Å². The lowest BCUT2D eigenvalue weighted by Gasteiger charge is -2.37. The molecule has 0 aliphatic carbocycles. The van der Waals surface area contributed by atoms with Gasteiger partial charge in [-0.25, -0.2) is 9.97 Å². The molecule has 4 rings (SSSR count). The molecule has 4 heterocycles. The van der Waals surface area contributed by atoms with Crippen LogP contribution in [-0.4, -0.2) is 69.7 Å². The lowest BCUT2D eigenvalue weighted by atomic mass is 9.88. The van der Waals surface area contributed by atoms with Crippen molar-refractivity contribution in [2.75, 3.05) is 39.0 Å². The molecule has 0 atom stereocenters. The van der Waals surface area contributed by atoms with Crippen molar-refractivity contribution in [2.45, 2.75) is 32.2 Å². The van der Waals surface area contributed by atoms with E-state index in [-0.39, 0.29) is 17.7 Å². The van der Waals surface area contributed by atoms with E-state index in [1.165, 1.54) is 0 Å². The first-order valence-corrected chi connectivity index (χ1v) is 11.2. The highest BCUT2D eigenvalue weighted by atomic mass is 16.6. The van der Waals surface area contributed by atoms with E-state index in [2.05, 4.69) is 25.0 Å². The molecule has 0 spiro atoms. The van der Waals surface area contributed by atoms with Crippen LogP contribution in [0.3, 0.4) is 0 Å². The van der Waals surface area contributed by atoms with E-state index in [0.29, 0.717) is 5.95 Å². The Morgan fingerprint density at radius 3 is 2.47 bits per heavy atom. The molecule has 1 amide bonds. The van der Waals surface area contributed by atoms with E-state index in [1.54, 1.807) is 19.5 Å². The summed E-state index contributed by atoms with van der Waals surface area (Å²) in [6, 6.07) is 7.70. The Bertz CT molecular complexity index is 921. The SMILES string of the molecule is CON=C(c1ccccn1)C1CCN(C(=O)C2CCN(Cc3ccnc(N)n3)CC2)CC1. The predicted octanol–water partition coefficient (Wildman–Crippen LogP) is 1.96. The molecule has 2 saturated heterocycles. The van der Waals surface area contributed by atoms with E-state index in [1.807, 2.05) is 29.2 Å². The molecule has 2 aromatic heterocycles. The fourth-order valence-corrected chi connectivity index (χ4v) is 4.64. The molecule has 2 N–H and O–H groups in total. The van der Waals surface area contributed by atoms with Gasteiger partial charge in [0.05, 0.1) is 11.4 Å². The molecule has 9 heteroatoms. The minimum Gasteiger partial charge on any atom is -0.399 e. The number of anilines is 1. The van der Waals surface area contributed by atoms with Crippen molar-refractivity contribution in [3.8, 4) is 0 Å². The van der Waals surface area contributed by atoms with E-state index < -0.39 is 0 Å². The highest BCUT2D eigenvalue weighted by Crippen LogP contribution is 2.26. The molecule has 170 valence electrons. The molecule has 2 aliphatic rings. The van der Waals surface area contributed by atoms with Crippen LogP contribution in [0.25, 0.3) is 0 Å². The van der Waals surface area contributed by atoms with Gasteiger partial charge in [-0.3, -0.25) is 14.7 Å². The fourth-order valence-electron chi connectivity index (χ4n) is 4.64. The summed E-state index contributed by atoms with van der Waals surface area (Å²) in [5.74, 6) is 0.937. The monoisotopic (exact) mass is 437 g/mol. The molecule has 0 saturated carbocycles. The van der Waals surface area contributed by atoms with E-state index >= 15 is 0 Å². The molecule has 2 aliphatic heterocycles. The molecule has 9 nitrogen and oxygen atoms in total. The van der Waals surface area contributed by atoms with Crippen molar-refractivity contribution in [1.29, 1.82) is 0 Å². The summed E-state index contributed by atoms with van der Waals surface area (Å²) in [5.41, 5.74) is 8.32. The normalized spacial score (nSPS) is 19.2. The van der Waals surface area contributed by atoms with E-state index in [0.717, 1.165) is 75.5 Å². The first-order chi connectivity index (χ1) is 15.6.